The van der Waals surface area contributed by atoms with Gasteiger partial charge in [0.15, 0.2) is 5.16 Å². The Labute approximate surface area is 195 Å². The van der Waals surface area contributed by atoms with E-state index in [1.165, 1.54) is 28.7 Å². The van der Waals surface area contributed by atoms with Gasteiger partial charge in [-0.05, 0) is 22.6 Å². The molecule has 4 rings (SSSR count). The van der Waals surface area contributed by atoms with Gasteiger partial charge in [-0.2, -0.15) is 0 Å². The van der Waals surface area contributed by atoms with Crippen LogP contribution in [0.5, 0.6) is 0 Å². The Bertz CT molecular complexity index is 1280. The Balaban J connectivity index is 1.48. The third kappa shape index (κ3) is 4.95. The van der Waals surface area contributed by atoms with E-state index in [4.69, 9.17) is 0 Å². The SMILES string of the molecule is CC(C)c1ccc(-c2csc3nc(SCC(=O)N(C)Cc4ccccc4)[nH]c(=O)c23)cc1. The first-order valence-electron chi connectivity index (χ1n) is 10.4. The maximum atomic E-state index is 12.9. The summed E-state index contributed by atoms with van der Waals surface area (Å²) < 4.78 is 0. The molecule has 2 aromatic heterocycles. The second-order valence-corrected chi connectivity index (χ2v) is 9.82. The lowest BCUT2D eigenvalue weighted by Crippen LogP contribution is -2.27. The van der Waals surface area contributed by atoms with Crippen molar-refractivity contribution < 1.29 is 4.79 Å². The van der Waals surface area contributed by atoms with Gasteiger partial charge >= 0.3 is 0 Å². The normalized spacial score (nSPS) is 11.2. The van der Waals surface area contributed by atoms with Crippen molar-refractivity contribution in [2.45, 2.75) is 31.5 Å². The maximum Gasteiger partial charge on any atom is 0.260 e. The summed E-state index contributed by atoms with van der Waals surface area (Å²) in [5.41, 5.74) is 4.07. The van der Waals surface area contributed by atoms with E-state index in [9.17, 15) is 9.59 Å². The number of benzene rings is 2. The summed E-state index contributed by atoms with van der Waals surface area (Å²) in [5.74, 6) is 0.660. The van der Waals surface area contributed by atoms with E-state index in [-0.39, 0.29) is 17.2 Å². The predicted octanol–water partition coefficient (Wildman–Crippen LogP) is 5.53. The van der Waals surface area contributed by atoms with E-state index in [1.54, 1.807) is 11.9 Å². The van der Waals surface area contributed by atoms with E-state index in [0.717, 1.165) is 16.7 Å². The number of aromatic nitrogens is 2. The van der Waals surface area contributed by atoms with Crippen LogP contribution >= 0.6 is 23.1 Å². The topological polar surface area (TPSA) is 66.1 Å². The number of rotatable bonds is 7. The molecule has 4 aromatic rings. The zero-order valence-electron chi connectivity index (χ0n) is 18.3. The van der Waals surface area contributed by atoms with Crippen molar-refractivity contribution in [2.24, 2.45) is 0 Å². The predicted molar refractivity (Wildman–Crippen MR) is 133 cm³/mol. The average molecular weight is 464 g/mol. The number of aromatic amines is 1. The molecule has 0 aliphatic carbocycles. The van der Waals surface area contributed by atoms with Crippen molar-refractivity contribution in [2.75, 3.05) is 12.8 Å². The van der Waals surface area contributed by atoms with Crippen LogP contribution < -0.4 is 5.56 Å². The molecule has 0 saturated carbocycles. The molecule has 164 valence electrons. The number of carbonyl (C=O) groups is 1. The highest BCUT2D eigenvalue weighted by Crippen LogP contribution is 2.32. The van der Waals surface area contributed by atoms with Gasteiger partial charge in [-0.25, -0.2) is 4.98 Å². The highest BCUT2D eigenvalue weighted by atomic mass is 32.2. The molecular weight excluding hydrogens is 438 g/mol. The second kappa shape index (κ2) is 9.71. The number of H-pyrrole nitrogens is 1. The summed E-state index contributed by atoms with van der Waals surface area (Å²) in [5, 5.41) is 3.04. The molecule has 1 N–H and O–H groups in total. The van der Waals surface area contributed by atoms with Gasteiger partial charge in [0.2, 0.25) is 5.91 Å². The highest BCUT2D eigenvalue weighted by Gasteiger charge is 2.15. The van der Waals surface area contributed by atoms with Gasteiger partial charge in [-0.1, -0.05) is 80.2 Å². The maximum absolute atomic E-state index is 12.9. The molecule has 5 nitrogen and oxygen atoms in total. The summed E-state index contributed by atoms with van der Waals surface area (Å²) >= 11 is 2.71. The molecule has 0 radical (unpaired) electrons. The number of hydrogen-bond acceptors (Lipinski definition) is 5. The summed E-state index contributed by atoms with van der Waals surface area (Å²) in [6, 6.07) is 18.2. The highest BCUT2D eigenvalue weighted by molar-refractivity contribution is 7.99. The molecule has 1 amide bonds. The first-order chi connectivity index (χ1) is 15.4. The van der Waals surface area contributed by atoms with Crippen LogP contribution in [-0.4, -0.2) is 33.6 Å². The van der Waals surface area contributed by atoms with Crippen LogP contribution in [0.4, 0.5) is 0 Å². The third-order valence-electron chi connectivity index (χ3n) is 5.33. The monoisotopic (exact) mass is 463 g/mol. The van der Waals surface area contributed by atoms with Crippen molar-refractivity contribution in [3.05, 3.63) is 81.5 Å². The number of fused-ring (bicyclic) bond motifs is 1. The Morgan fingerprint density at radius 1 is 1.12 bits per heavy atom. The molecule has 2 heterocycles. The fraction of sp³-hybridized carbons (Fsp3) is 0.240. The minimum Gasteiger partial charge on any atom is -0.341 e. The van der Waals surface area contributed by atoms with Gasteiger partial charge in [0.05, 0.1) is 11.1 Å². The van der Waals surface area contributed by atoms with E-state index < -0.39 is 0 Å². The quantitative estimate of drug-likeness (QED) is 0.289. The van der Waals surface area contributed by atoms with Crippen LogP contribution in [0.1, 0.15) is 30.9 Å². The molecule has 2 aromatic carbocycles. The number of amides is 1. The minimum atomic E-state index is -0.174. The summed E-state index contributed by atoms with van der Waals surface area (Å²) in [6.07, 6.45) is 0. The molecule has 0 saturated heterocycles. The van der Waals surface area contributed by atoms with Gasteiger partial charge in [0.25, 0.3) is 5.56 Å². The number of nitrogens with zero attached hydrogens (tertiary/aromatic N) is 2. The minimum absolute atomic E-state index is 0.0151. The van der Waals surface area contributed by atoms with Crippen LogP contribution in [0, 0.1) is 0 Å². The van der Waals surface area contributed by atoms with Gasteiger partial charge in [0, 0.05) is 24.5 Å². The van der Waals surface area contributed by atoms with Crippen molar-refractivity contribution >= 4 is 39.2 Å². The molecule has 0 spiro atoms. The van der Waals surface area contributed by atoms with Gasteiger partial charge in [-0.3, -0.25) is 9.59 Å². The lowest BCUT2D eigenvalue weighted by atomic mass is 9.99. The van der Waals surface area contributed by atoms with Crippen LogP contribution in [0.25, 0.3) is 21.3 Å². The van der Waals surface area contributed by atoms with Crippen molar-refractivity contribution in [1.29, 1.82) is 0 Å². The molecule has 0 bridgehead atoms. The van der Waals surface area contributed by atoms with Gasteiger partial charge in [0.1, 0.15) is 4.83 Å². The van der Waals surface area contributed by atoms with E-state index >= 15 is 0 Å². The Morgan fingerprint density at radius 2 is 1.84 bits per heavy atom. The molecule has 7 heteroatoms. The average Bonchev–Trinajstić information content (AvgIpc) is 3.23. The van der Waals surface area contributed by atoms with Crippen molar-refractivity contribution in [3.8, 4) is 11.1 Å². The first-order valence-corrected chi connectivity index (χ1v) is 12.3. The molecule has 32 heavy (non-hydrogen) atoms. The zero-order valence-corrected chi connectivity index (χ0v) is 19.9. The number of carbonyl (C=O) groups excluding carboxylic acids is 1. The van der Waals surface area contributed by atoms with E-state index in [2.05, 4.69) is 48.1 Å². The lowest BCUT2D eigenvalue weighted by molar-refractivity contribution is -0.127. The van der Waals surface area contributed by atoms with Crippen LogP contribution in [0.3, 0.4) is 0 Å². The van der Waals surface area contributed by atoms with Crippen LogP contribution in [-0.2, 0) is 11.3 Å². The largest absolute Gasteiger partial charge is 0.341 e. The van der Waals surface area contributed by atoms with Crippen LogP contribution in [0.2, 0.25) is 0 Å². The smallest absolute Gasteiger partial charge is 0.260 e. The summed E-state index contributed by atoms with van der Waals surface area (Å²) in [4.78, 5) is 35.2. The van der Waals surface area contributed by atoms with Crippen molar-refractivity contribution in [1.82, 2.24) is 14.9 Å². The fourth-order valence-corrected chi connectivity index (χ4v) is 5.25. The standard InChI is InChI=1S/C25H25N3O2S2/c1-16(2)18-9-11-19(12-10-18)20-14-31-24-22(20)23(30)26-25(27-24)32-15-21(29)28(3)13-17-7-5-4-6-8-17/h4-12,14,16H,13,15H2,1-3H3,(H,26,27,30). The van der Waals surface area contributed by atoms with E-state index in [1.807, 2.05) is 35.7 Å². The molecule has 0 aliphatic heterocycles. The molecule has 0 fully saturated rings. The fourth-order valence-electron chi connectivity index (χ4n) is 3.44. The first kappa shape index (κ1) is 22.3. The molecular formula is C25H25N3O2S2. The van der Waals surface area contributed by atoms with E-state index in [0.29, 0.717) is 27.8 Å². The third-order valence-corrected chi connectivity index (χ3v) is 7.06. The number of thioether (sulfide) groups is 1. The number of hydrogen-bond donors (Lipinski definition) is 1. The number of nitrogens with one attached hydrogen (secondary N) is 1. The molecule has 0 atom stereocenters. The number of thiophene rings is 1. The Kier molecular flexibility index (Phi) is 6.77. The molecule has 0 aliphatic rings. The molecule has 0 unspecified atom stereocenters. The van der Waals surface area contributed by atoms with Gasteiger partial charge < -0.3 is 9.88 Å². The lowest BCUT2D eigenvalue weighted by Gasteiger charge is -2.16. The Hall–Kier alpha value is -2.90. The van der Waals surface area contributed by atoms with Gasteiger partial charge in [-0.15, -0.1) is 11.3 Å². The Morgan fingerprint density at radius 3 is 2.53 bits per heavy atom. The van der Waals surface area contributed by atoms with Crippen LogP contribution in [0.15, 0.2) is 69.9 Å². The zero-order chi connectivity index (χ0) is 22.7. The summed E-state index contributed by atoms with van der Waals surface area (Å²) in [6.45, 7) is 4.87. The second-order valence-electron chi connectivity index (χ2n) is 8.00. The van der Waals surface area contributed by atoms with Crippen molar-refractivity contribution in [3.63, 3.8) is 0 Å². The summed E-state index contributed by atoms with van der Waals surface area (Å²) in [7, 11) is 1.78.